The molecule has 2 aromatic carbocycles. The highest BCUT2D eigenvalue weighted by atomic mass is 32.2. The van der Waals surface area contributed by atoms with Crippen LogP contribution < -0.4 is 19.5 Å². The van der Waals surface area contributed by atoms with Crippen molar-refractivity contribution in [3.8, 4) is 11.5 Å². The van der Waals surface area contributed by atoms with Gasteiger partial charge in [0.25, 0.3) is 10.0 Å². The van der Waals surface area contributed by atoms with Crippen molar-refractivity contribution in [2.24, 2.45) is 0 Å². The smallest absolute Gasteiger partial charge is 0.263 e. The van der Waals surface area contributed by atoms with Crippen molar-refractivity contribution < 1.29 is 17.9 Å². The molecule has 0 saturated heterocycles. The van der Waals surface area contributed by atoms with Crippen LogP contribution in [0.25, 0.3) is 0 Å². The molecule has 0 spiro atoms. The molecular weight excluding hydrogens is 378 g/mol. The summed E-state index contributed by atoms with van der Waals surface area (Å²) in [6, 6.07) is 15.9. The standard InChI is InChI=1S/C20H19N3O4S/c1-14-3-2-4-17(9-14)28(24,25)23-20-8-6-16(12-22-20)21-11-15-5-7-18-19(10-15)27-13-26-18/h2-10,12,21H,11,13H2,1H3,(H,22,23). The Balaban J connectivity index is 1.40. The molecule has 7 nitrogen and oxygen atoms in total. The summed E-state index contributed by atoms with van der Waals surface area (Å²) in [5.74, 6) is 1.74. The van der Waals surface area contributed by atoms with Crippen LogP contribution in [-0.2, 0) is 16.6 Å². The van der Waals surface area contributed by atoms with Gasteiger partial charge in [-0.3, -0.25) is 4.72 Å². The molecule has 0 radical (unpaired) electrons. The highest BCUT2D eigenvalue weighted by molar-refractivity contribution is 7.92. The van der Waals surface area contributed by atoms with E-state index in [1.165, 1.54) is 0 Å². The summed E-state index contributed by atoms with van der Waals surface area (Å²) in [6.07, 6.45) is 1.58. The van der Waals surface area contributed by atoms with Gasteiger partial charge in [0, 0.05) is 6.54 Å². The van der Waals surface area contributed by atoms with Gasteiger partial charge in [0.05, 0.1) is 16.8 Å². The number of hydrogen-bond acceptors (Lipinski definition) is 6. The highest BCUT2D eigenvalue weighted by Gasteiger charge is 2.15. The molecule has 1 aliphatic heterocycles. The number of hydrogen-bond donors (Lipinski definition) is 2. The van der Waals surface area contributed by atoms with Crippen molar-refractivity contribution in [3.63, 3.8) is 0 Å². The zero-order chi connectivity index (χ0) is 19.6. The summed E-state index contributed by atoms with van der Waals surface area (Å²) in [4.78, 5) is 4.39. The minimum absolute atomic E-state index is 0.208. The number of rotatable bonds is 6. The summed E-state index contributed by atoms with van der Waals surface area (Å²) in [7, 11) is -3.67. The largest absolute Gasteiger partial charge is 0.454 e. The van der Waals surface area contributed by atoms with Crippen molar-refractivity contribution in [1.29, 1.82) is 0 Å². The summed E-state index contributed by atoms with van der Waals surface area (Å²) >= 11 is 0. The molecule has 0 fully saturated rings. The molecule has 1 aromatic heterocycles. The molecule has 4 rings (SSSR count). The van der Waals surface area contributed by atoms with Crippen molar-refractivity contribution in [2.45, 2.75) is 18.4 Å². The molecule has 0 bridgehead atoms. The Labute approximate surface area is 163 Å². The van der Waals surface area contributed by atoms with Crippen LogP contribution in [0.15, 0.2) is 65.7 Å². The summed E-state index contributed by atoms with van der Waals surface area (Å²) in [5, 5.41) is 3.25. The van der Waals surface area contributed by atoms with Crippen molar-refractivity contribution >= 4 is 21.5 Å². The van der Waals surface area contributed by atoms with E-state index < -0.39 is 10.0 Å². The fourth-order valence-electron chi connectivity index (χ4n) is 2.79. The Kier molecular flexibility index (Phi) is 4.79. The van der Waals surface area contributed by atoms with E-state index in [2.05, 4.69) is 15.0 Å². The minimum Gasteiger partial charge on any atom is -0.454 e. The number of sulfonamides is 1. The van der Waals surface area contributed by atoms with Crippen LogP contribution >= 0.6 is 0 Å². The first-order valence-electron chi connectivity index (χ1n) is 8.67. The Hall–Kier alpha value is -3.26. The Morgan fingerprint density at radius 1 is 1.04 bits per heavy atom. The van der Waals surface area contributed by atoms with Crippen LogP contribution in [-0.4, -0.2) is 20.2 Å². The molecule has 0 aliphatic carbocycles. The van der Waals surface area contributed by atoms with Crippen LogP contribution in [0.5, 0.6) is 11.5 Å². The third kappa shape index (κ3) is 4.01. The third-order valence-electron chi connectivity index (χ3n) is 4.24. The van der Waals surface area contributed by atoms with Gasteiger partial charge in [-0.2, -0.15) is 0 Å². The lowest BCUT2D eigenvalue weighted by molar-refractivity contribution is 0.174. The fraction of sp³-hybridized carbons (Fsp3) is 0.150. The number of aryl methyl sites for hydroxylation is 1. The highest BCUT2D eigenvalue weighted by Crippen LogP contribution is 2.32. The summed E-state index contributed by atoms with van der Waals surface area (Å²) in [5.41, 5.74) is 2.68. The van der Waals surface area contributed by atoms with Gasteiger partial charge in [0.15, 0.2) is 11.5 Å². The van der Waals surface area contributed by atoms with E-state index in [1.54, 1.807) is 36.5 Å². The first-order valence-corrected chi connectivity index (χ1v) is 10.2. The Morgan fingerprint density at radius 3 is 2.68 bits per heavy atom. The zero-order valence-corrected chi connectivity index (χ0v) is 16.0. The number of aromatic nitrogens is 1. The quantitative estimate of drug-likeness (QED) is 0.661. The van der Waals surface area contributed by atoms with Crippen LogP contribution in [0.1, 0.15) is 11.1 Å². The van der Waals surface area contributed by atoms with E-state index >= 15 is 0 Å². The van der Waals surface area contributed by atoms with E-state index in [9.17, 15) is 8.42 Å². The second kappa shape index (κ2) is 7.40. The van der Waals surface area contributed by atoms with E-state index in [0.29, 0.717) is 6.54 Å². The van der Waals surface area contributed by atoms with E-state index in [-0.39, 0.29) is 17.5 Å². The number of benzene rings is 2. The predicted octanol–water partition coefficient (Wildman–Crippen LogP) is 3.53. The number of ether oxygens (including phenoxy) is 2. The molecule has 3 aromatic rings. The summed E-state index contributed by atoms with van der Waals surface area (Å²) < 4.78 is 38.1. The Bertz CT molecular complexity index is 1100. The lowest BCUT2D eigenvalue weighted by Crippen LogP contribution is -2.14. The molecule has 0 saturated carbocycles. The van der Waals surface area contributed by atoms with Crippen LogP contribution in [0.4, 0.5) is 11.5 Å². The number of nitrogens with zero attached hydrogens (tertiary/aromatic N) is 1. The predicted molar refractivity (Wildman–Crippen MR) is 106 cm³/mol. The maximum absolute atomic E-state index is 12.5. The van der Waals surface area contributed by atoms with Crippen molar-refractivity contribution in [2.75, 3.05) is 16.8 Å². The molecule has 28 heavy (non-hydrogen) atoms. The summed E-state index contributed by atoms with van der Waals surface area (Å²) in [6.45, 7) is 2.67. The van der Waals surface area contributed by atoms with E-state index in [1.807, 2.05) is 31.2 Å². The van der Waals surface area contributed by atoms with Gasteiger partial charge in [-0.25, -0.2) is 13.4 Å². The van der Waals surface area contributed by atoms with Gasteiger partial charge in [-0.05, 0) is 54.4 Å². The van der Waals surface area contributed by atoms with Crippen LogP contribution in [0.2, 0.25) is 0 Å². The second-order valence-electron chi connectivity index (χ2n) is 6.40. The van der Waals surface area contributed by atoms with Gasteiger partial charge in [0.1, 0.15) is 5.82 Å². The minimum atomic E-state index is -3.67. The molecule has 0 amide bonds. The van der Waals surface area contributed by atoms with E-state index in [0.717, 1.165) is 28.3 Å². The molecule has 8 heteroatoms. The lowest BCUT2D eigenvalue weighted by Gasteiger charge is -2.10. The first kappa shape index (κ1) is 18.1. The topological polar surface area (TPSA) is 89.6 Å². The molecule has 144 valence electrons. The molecular formula is C20H19N3O4S. The maximum atomic E-state index is 12.5. The number of nitrogens with one attached hydrogen (secondary N) is 2. The SMILES string of the molecule is Cc1cccc(S(=O)(=O)Nc2ccc(NCc3ccc4c(c3)OCO4)cn2)c1. The molecule has 0 atom stereocenters. The number of fused-ring (bicyclic) bond motifs is 1. The fourth-order valence-corrected chi connectivity index (χ4v) is 3.91. The molecule has 2 N–H and O–H groups in total. The average molecular weight is 397 g/mol. The van der Waals surface area contributed by atoms with Crippen LogP contribution in [0, 0.1) is 6.92 Å². The maximum Gasteiger partial charge on any atom is 0.263 e. The van der Waals surface area contributed by atoms with Gasteiger partial charge in [0.2, 0.25) is 6.79 Å². The Morgan fingerprint density at radius 2 is 1.89 bits per heavy atom. The second-order valence-corrected chi connectivity index (χ2v) is 8.08. The number of pyridine rings is 1. The van der Waals surface area contributed by atoms with Gasteiger partial charge in [-0.15, -0.1) is 0 Å². The van der Waals surface area contributed by atoms with Gasteiger partial charge < -0.3 is 14.8 Å². The lowest BCUT2D eigenvalue weighted by atomic mass is 10.2. The first-order chi connectivity index (χ1) is 13.5. The average Bonchev–Trinajstić information content (AvgIpc) is 3.15. The van der Waals surface area contributed by atoms with Crippen molar-refractivity contribution in [1.82, 2.24) is 4.98 Å². The van der Waals surface area contributed by atoms with Gasteiger partial charge in [-0.1, -0.05) is 18.2 Å². The normalized spacial score (nSPS) is 12.6. The zero-order valence-electron chi connectivity index (χ0n) is 15.2. The molecule has 1 aliphatic rings. The monoisotopic (exact) mass is 397 g/mol. The molecule has 2 heterocycles. The van der Waals surface area contributed by atoms with Crippen molar-refractivity contribution in [3.05, 3.63) is 71.9 Å². The van der Waals surface area contributed by atoms with Gasteiger partial charge >= 0.3 is 0 Å². The molecule has 0 unspecified atom stereocenters. The third-order valence-corrected chi connectivity index (χ3v) is 5.59. The number of anilines is 2. The van der Waals surface area contributed by atoms with Crippen LogP contribution in [0.3, 0.4) is 0 Å². The van der Waals surface area contributed by atoms with E-state index in [4.69, 9.17) is 9.47 Å².